The van der Waals surface area contributed by atoms with Gasteiger partial charge in [-0.1, -0.05) is 36.9 Å². The van der Waals surface area contributed by atoms with E-state index < -0.39 is 11.9 Å². The summed E-state index contributed by atoms with van der Waals surface area (Å²) in [7, 11) is 3.45. The minimum atomic E-state index is -0.574. The van der Waals surface area contributed by atoms with Crippen LogP contribution < -0.4 is 15.5 Å². The first-order valence-electron chi connectivity index (χ1n) is 12.7. The lowest BCUT2D eigenvalue weighted by Crippen LogP contribution is -2.44. The monoisotopic (exact) mass is 522 g/mol. The van der Waals surface area contributed by atoms with Crippen molar-refractivity contribution in [2.45, 2.75) is 0 Å². The molecule has 1 fully saturated rings. The highest BCUT2D eigenvalue weighted by atomic mass is 16.5. The molecule has 1 aliphatic rings. The van der Waals surface area contributed by atoms with Gasteiger partial charge >= 0.3 is 5.97 Å². The summed E-state index contributed by atoms with van der Waals surface area (Å²) in [5.74, 6) is -0.574. The SMILES string of the molecule is C=CC(=O)Nc1cccc(-c2cccc3cnc(Nc4ccc(N5CCN(C)CC5)cc4)nc23)c1C(=O)OC. The number of piperazine rings is 1. The highest BCUT2D eigenvalue weighted by Gasteiger charge is 2.21. The zero-order valence-corrected chi connectivity index (χ0v) is 22.0. The first-order chi connectivity index (χ1) is 19.0. The Kier molecular flexibility index (Phi) is 7.51. The maximum atomic E-state index is 12.9. The molecule has 0 unspecified atom stereocenters. The van der Waals surface area contributed by atoms with Gasteiger partial charge in [0.25, 0.3) is 0 Å². The van der Waals surface area contributed by atoms with Crippen molar-refractivity contribution in [1.29, 1.82) is 0 Å². The minimum absolute atomic E-state index is 0.232. The van der Waals surface area contributed by atoms with Gasteiger partial charge in [-0.15, -0.1) is 0 Å². The molecule has 0 aliphatic carbocycles. The average molecular weight is 523 g/mol. The van der Waals surface area contributed by atoms with Crippen molar-refractivity contribution in [2.75, 3.05) is 55.9 Å². The van der Waals surface area contributed by atoms with Crippen LogP contribution in [0.15, 0.2) is 79.5 Å². The molecule has 2 heterocycles. The van der Waals surface area contributed by atoms with E-state index in [4.69, 9.17) is 9.72 Å². The lowest BCUT2D eigenvalue weighted by Gasteiger charge is -2.34. The van der Waals surface area contributed by atoms with Crippen LogP contribution in [-0.2, 0) is 9.53 Å². The van der Waals surface area contributed by atoms with E-state index in [2.05, 4.69) is 51.2 Å². The van der Waals surface area contributed by atoms with Crippen molar-refractivity contribution in [2.24, 2.45) is 0 Å². The van der Waals surface area contributed by atoms with E-state index in [1.165, 1.54) is 12.8 Å². The summed E-state index contributed by atoms with van der Waals surface area (Å²) in [6.45, 7) is 7.60. The van der Waals surface area contributed by atoms with Crippen molar-refractivity contribution >= 4 is 45.8 Å². The number of methoxy groups -OCH3 is 1. The number of aromatic nitrogens is 2. The predicted octanol–water partition coefficient (Wildman–Crippen LogP) is 4.70. The third-order valence-electron chi connectivity index (χ3n) is 6.79. The fraction of sp³-hybridized carbons (Fsp3) is 0.200. The summed E-state index contributed by atoms with van der Waals surface area (Å²) >= 11 is 0. The van der Waals surface area contributed by atoms with Crippen molar-refractivity contribution in [3.05, 3.63) is 85.1 Å². The van der Waals surface area contributed by atoms with E-state index in [9.17, 15) is 9.59 Å². The van der Waals surface area contributed by atoms with Gasteiger partial charge in [-0.3, -0.25) is 4.79 Å². The van der Waals surface area contributed by atoms with Gasteiger partial charge in [0.05, 0.1) is 23.9 Å². The molecule has 198 valence electrons. The molecular formula is C30H30N6O3. The summed E-state index contributed by atoms with van der Waals surface area (Å²) < 4.78 is 5.06. The van der Waals surface area contributed by atoms with Gasteiger partial charge in [-0.25, -0.2) is 14.8 Å². The Morgan fingerprint density at radius 2 is 1.69 bits per heavy atom. The molecule has 0 spiro atoms. The summed E-state index contributed by atoms with van der Waals surface area (Å²) in [6, 6.07) is 19.1. The van der Waals surface area contributed by atoms with Gasteiger partial charge < -0.3 is 25.2 Å². The lowest BCUT2D eigenvalue weighted by atomic mass is 9.96. The van der Waals surface area contributed by atoms with Crippen LogP contribution in [0.5, 0.6) is 0 Å². The van der Waals surface area contributed by atoms with Crippen LogP contribution in [0.2, 0.25) is 0 Å². The van der Waals surface area contributed by atoms with Crippen LogP contribution in [0.3, 0.4) is 0 Å². The number of para-hydroxylation sites is 1. The number of ether oxygens (including phenoxy) is 1. The topological polar surface area (TPSA) is 99.7 Å². The number of carbonyl (C=O) groups excluding carboxylic acids is 2. The molecule has 1 aromatic heterocycles. The number of likely N-dealkylation sites (N-methyl/N-ethyl adjacent to an activating group) is 1. The summed E-state index contributed by atoms with van der Waals surface area (Å²) in [5, 5.41) is 6.80. The first kappa shape index (κ1) is 25.9. The van der Waals surface area contributed by atoms with E-state index in [0.717, 1.165) is 43.3 Å². The lowest BCUT2D eigenvalue weighted by molar-refractivity contribution is -0.111. The number of esters is 1. The number of anilines is 4. The molecule has 9 nitrogen and oxygen atoms in total. The quantitative estimate of drug-likeness (QED) is 0.266. The van der Waals surface area contributed by atoms with Gasteiger partial charge in [0.15, 0.2) is 0 Å². The molecule has 39 heavy (non-hydrogen) atoms. The smallest absolute Gasteiger partial charge is 0.340 e. The molecule has 2 N–H and O–H groups in total. The molecule has 0 bridgehead atoms. The standard InChI is InChI=1S/C30H30N6O3/c1-4-26(37)33-25-10-6-8-23(27(25)29(38)39-3)24-9-5-7-20-19-31-30(34-28(20)24)32-21-11-13-22(14-12-21)36-17-15-35(2)16-18-36/h4-14,19H,1,15-18H2,2-3H3,(H,33,37)(H,31,32,34). The molecule has 9 heteroatoms. The zero-order chi connectivity index (χ0) is 27.4. The van der Waals surface area contributed by atoms with Crippen LogP contribution in [0.1, 0.15) is 10.4 Å². The second-order valence-corrected chi connectivity index (χ2v) is 9.31. The molecule has 1 saturated heterocycles. The number of carbonyl (C=O) groups is 2. The third kappa shape index (κ3) is 5.58. The number of fused-ring (bicyclic) bond motifs is 1. The van der Waals surface area contributed by atoms with Crippen LogP contribution in [0.25, 0.3) is 22.0 Å². The Bertz CT molecular complexity index is 1530. The largest absolute Gasteiger partial charge is 0.465 e. The maximum absolute atomic E-state index is 12.9. The minimum Gasteiger partial charge on any atom is -0.465 e. The number of benzene rings is 3. The van der Waals surface area contributed by atoms with E-state index >= 15 is 0 Å². The summed E-state index contributed by atoms with van der Waals surface area (Å²) in [6.07, 6.45) is 2.89. The fourth-order valence-electron chi connectivity index (χ4n) is 4.67. The number of nitrogens with zero attached hydrogens (tertiary/aromatic N) is 4. The number of rotatable bonds is 7. The van der Waals surface area contributed by atoms with Crippen molar-refractivity contribution in [3.8, 4) is 11.1 Å². The van der Waals surface area contributed by atoms with Gasteiger partial charge in [0.1, 0.15) is 0 Å². The van der Waals surface area contributed by atoms with Crippen LogP contribution in [0, 0.1) is 0 Å². The summed E-state index contributed by atoms with van der Waals surface area (Å²) in [5.41, 5.74) is 4.56. The number of hydrogen-bond donors (Lipinski definition) is 2. The highest BCUT2D eigenvalue weighted by molar-refractivity contribution is 6.10. The highest BCUT2D eigenvalue weighted by Crippen LogP contribution is 2.34. The normalized spacial score (nSPS) is 13.6. The number of hydrogen-bond acceptors (Lipinski definition) is 8. The van der Waals surface area contributed by atoms with E-state index in [1.54, 1.807) is 24.4 Å². The molecule has 1 aliphatic heterocycles. The number of amides is 1. The maximum Gasteiger partial charge on any atom is 0.340 e. The van der Waals surface area contributed by atoms with Gasteiger partial charge in [0, 0.05) is 60.3 Å². The Morgan fingerprint density at radius 1 is 0.974 bits per heavy atom. The van der Waals surface area contributed by atoms with E-state index in [1.807, 2.05) is 30.3 Å². The second-order valence-electron chi connectivity index (χ2n) is 9.31. The predicted molar refractivity (Wildman–Crippen MR) is 155 cm³/mol. The molecule has 0 saturated carbocycles. The van der Waals surface area contributed by atoms with E-state index in [0.29, 0.717) is 28.3 Å². The van der Waals surface area contributed by atoms with Crippen molar-refractivity contribution in [1.82, 2.24) is 14.9 Å². The van der Waals surface area contributed by atoms with E-state index in [-0.39, 0.29) is 5.56 Å². The third-order valence-corrected chi connectivity index (χ3v) is 6.79. The molecule has 1 amide bonds. The van der Waals surface area contributed by atoms with Crippen molar-refractivity contribution in [3.63, 3.8) is 0 Å². The first-order valence-corrected chi connectivity index (χ1v) is 12.7. The average Bonchev–Trinajstić information content (AvgIpc) is 2.97. The van der Waals surface area contributed by atoms with Crippen molar-refractivity contribution < 1.29 is 14.3 Å². The van der Waals surface area contributed by atoms with Gasteiger partial charge in [-0.05, 0) is 43.5 Å². The molecule has 4 aromatic rings. The molecule has 3 aromatic carbocycles. The Labute approximate surface area is 227 Å². The second kappa shape index (κ2) is 11.3. The van der Waals surface area contributed by atoms with Crippen LogP contribution in [-0.4, -0.2) is 67.1 Å². The number of nitrogens with one attached hydrogen (secondary N) is 2. The summed E-state index contributed by atoms with van der Waals surface area (Å²) in [4.78, 5) is 38.9. The Hall–Kier alpha value is -4.76. The molecule has 0 atom stereocenters. The van der Waals surface area contributed by atoms with Gasteiger partial charge in [0.2, 0.25) is 11.9 Å². The zero-order valence-electron chi connectivity index (χ0n) is 22.0. The molecular weight excluding hydrogens is 492 g/mol. The Morgan fingerprint density at radius 3 is 2.41 bits per heavy atom. The van der Waals surface area contributed by atoms with Crippen LogP contribution >= 0.6 is 0 Å². The fourth-order valence-corrected chi connectivity index (χ4v) is 4.67. The molecule has 5 rings (SSSR count). The Balaban J connectivity index is 1.48. The van der Waals surface area contributed by atoms with Gasteiger partial charge in [-0.2, -0.15) is 0 Å². The molecule has 0 radical (unpaired) electrons. The van der Waals surface area contributed by atoms with Crippen LogP contribution in [0.4, 0.5) is 23.0 Å².